The summed E-state index contributed by atoms with van der Waals surface area (Å²) in [4.78, 5) is 22.6. The molecule has 0 aliphatic rings. The molecule has 0 aliphatic heterocycles. The number of carbonyl (C=O) groups is 1. The Morgan fingerprint density at radius 3 is 2.43 bits per heavy atom. The first-order valence-corrected chi connectivity index (χ1v) is 12.3. The minimum atomic E-state index is -1.07. The number of aliphatic hydroxyl groups is 1. The smallest absolute Gasteiger partial charge is 0.208 e. The summed E-state index contributed by atoms with van der Waals surface area (Å²) in [6.45, 7) is 6.81. The molecule has 0 saturated heterocycles. The van der Waals surface area contributed by atoms with Crippen molar-refractivity contribution in [2.24, 2.45) is 5.73 Å². The van der Waals surface area contributed by atoms with Crippen LogP contribution in [0.3, 0.4) is 0 Å². The summed E-state index contributed by atoms with van der Waals surface area (Å²) in [5, 5.41) is 12.0. The fraction of sp³-hybridized carbons (Fsp3) is 0.269. The molecule has 0 aliphatic carbocycles. The molecule has 0 amide bonds. The molecule has 6 N–H and O–H groups in total. The van der Waals surface area contributed by atoms with Crippen molar-refractivity contribution in [2.75, 3.05) is 13.2 Å². The Labute approximate surface area is 212 Å². The molecule has 1 aromatic heterocycles. The summed E-state index contributed by atoms with van der Waals surface area (Å²) in [5.41, 5.74) is 10.4. The first-order valence-electron chi connectivity index (χ1n) is 11.1. The molecule has 0 fully saturated rings. The maximum Gasteiger partial charge on any atom is 0.208 e. The quantitative estimate of drug-likeness (QED) is 0.219. The van der Waals surface area contributed by atoms with E-state index < -0.39 is 10.8 Å². The first kappa shape index (κ1) is 28.0. The first-order chi connectivity index (χ1) is 16.3. The Hall–Kier alpha value is -3.24. The van der Waals surface area contributed by atoms with Crippen LogP contribution in [0.1, 0.15) is 45.4 Å². The number of nitrogens with two attached hydrogens (primary N) is 1. The number of aliphatic hydroxyl groups excluding tert-OH is 1. The molecular weight excluding hydrogens is 464 g/mol. The van der Waals surface area contributed by atoms with Gasteiger partial charge in [-0.1, -0.05) is 50.2 Å². The van der Waals surface area contributed by atoms with Crippen molar-refractivity contribution in [3.63, 3.8) is 0 Å². The van der Waals surface area contributed by atoms with Crippen LogP contribution < -0.4 is 11.1 Å². The Bertz CT molecular complexity index is 1210. The number of ketones is 1. The third-order valence-corrected chi connectivity index (χ3v) is 6.78. The van der Waals surface area contributed by atoms with E-state index in [0.717, 1.165) is 21.6 Å². The van der Waals surface area contributed by atoms with Gasteiger partial charge in [-0.3, -0.25) is 14.0 Å². The molecule has 1 heterocycles. The lowest BCUT2D eigenvalue weighted by Gasteiger charge is -2.09. The van der Waals surface area contributed by atoms with E-state index >= 15 is 0 Å². The lowest BCUT2D eigenvalue weighted by Crippen LogP contribution is -2.17. The molecule has 8 nitrogen and oxygen atoms in total. The van der Waals surface area contributed by atoms with Gasteiger partial charge in [-0.25, -0.2) is 4.98 Å². The van der Waals surface area contributed by atoms with Gasteiger partial charge < -0.3 is 21.6 Å². The summed E-state index contributed by atoms with van der Waals surface area (Å²) in [6, 6.07) is 14.9. The van der Waals surface area contributed by atoms with Crippen LogP contribution in [0.25, 0.3) is 17.0 Å². The second kappa shape index (κ2) is 13.0. The van der Waals surface area contributed by atoms with Crippen LogP contribution in [0.2, 0.25) is 0 Å². The molecule has 0 bridgehead atoms. The van der Waals surface area contributed by atoms with Crippen molar-refractivity contribution < 1.29 is 23.9 Å². The Morgan fingerprint density at radius 2 is 1.83 bits per heavy atom. The lowest BCUT2D eigenvalue weighted by molar-refractivity contribution is 0.104. The van der Waals surface area contributed by atoms with Crippen LogP contribution in [0, 0.1) is 6.92 Å². The molecule has 9 heteroatoms. The van der Waals surface area contributed by atoms with Gasteiger partial charge in [-0.05, 0) is 30.2 Å². The number of hydrogen-bond donors (Lipinski definition) is 3. The summed E-state index contributed by atoms with van der Waals surface area (Å²) in [5.74, 6) is -0.324. The van der Waals surface area contributed by atoms with Crippen LogP contribution in [0.15, 0.2) is 65.7 Å². The fourth-order valence-electron chi connectivity index (χ4n) is 3.27. The second-order valence-electron chi connectivity index (χ2n) is 8.12. The Kier molecular flexibility index (Phi) is 10.4. The van der Waals surface area contributed by atoms with E-state index in [9.17, 15) is 9.00 Å². The van der Waals surface area contributed by atoms with Crippen molar-refractivity contribution in [1.29, 1.82) is 0 Å². The van der Waals surface area contributed by atoms with Gasteiger partial charge in [0.1, 0.15) is 5.69 Å². The maximum absolute atomic E-state index is 13.0. The molecule has 3 aromatic rings. The second-order valence-corrected chi connectivity index (χ2v) is 10.1. The highest BCUT2D eigenvalue weighted by molar-refractivity contribution is 7.85. The molecule has 35 heavy (non-hydrogen) atoms. The molecule has 0 spiro atoms. The number of allylic oxidation sites excluding steroid dienone is 1. The third kappa shape index (κ3) is 7.37. The summed E-state index contributed by atoms with van der Waals surface area (Å²) in [7, 11) is -1.07. The Morgan fingerprint density at radius 1 is 1.17 bits per heavy atom. The minimum absolute atomic E-state index is 0. The molecule has 0 radical (unpaired) electrons. The van der Waals surface area contributed by atoms with Gasteiger partial charge in [0.25, 0.3) is 0 Å². The third-order valence-electron chi connectivity index (χ3n) is 5.19. The van der Waals surface area contributed by atoms with Crippen molar-refractivity contribution in [1.82, 2.24) is 15.3 Å². The molecule has 0 saturated carbocycles. The highest BCUT2D eigenvalue weighted by Gasteiger charge is 2.14. The van der Waals surface area contributed by atoms with E-state index in [4.69, 9.17) is 10.8 Å². The standard InChI is InChI=1S/C26H30N4O3S.H2O.3H2/c1-17(2)34(33)22-10-8-21(9-11-22)24-16-29-18(3)26(30-24)25(32)14-23(27)20-6-4-19(5-7-20)15-28-12-13-31;;;;/h4-11,14,16-17,28,31H,12-13,15,27H2,1-3H3;1H2;3*1H. The number of hydrogen-bond acceptors (Lipinski definition) is 7. The zero-order valence-corrected chi connectivity index (χ0v) is 20.9. The van der Waals surface area contributed by atoms with Crippen molar-refractivity contribution in [2.45, 2.75) is 37.5 Å². The number of aromatic nitrogens is 2. The van der Waals surface area contributed by atoms with Crippen LogP contribution >= 0.6 is 0 Å². The van der Waals surface area contributed by atoms with Gasteiger partial charge in [0.15, 0.2) is 0 Å². The number of benzene rings is 2. The van der Waals surface area contributed by atoms with Gasteiger partial charge in [-0.2, -0.15) is 0 Å². The van der Waals surface area contributed by atoms with Gasteiger partial charge in [0.2, 0.25) is 5.78 Å². The average Bonchev–Trinajstić information content (AvgIpc) is 2.84. The van der Waals surface area contributed by atoms with Crippen molar-refractivity contribution >= 4 is 22.3 Å². The van der Waals surface area contributed by atoms with Crippen LogP contribution in [-0.4, -0.2) is 48.9 Å². The SMILES string of the molecule is Cc1ncc(-c2ccc(S(=O)C(C)C)cc2)nc1C(=O)C=C(N)c1ccc(CNCCO)cc1.O.[HH].[HH].[HH]. The average molecular weight is 503 g/mol. The molecule has 1 atom stereocenters. The molecule has 1 unspecified atom stereocenters. The number of nitrogens with zero attached hydrogens (tertiary/aromatic N) is 2. The van der Waals surface area contributed by atoms with E-state index in [-0.39, 0.29) is 33.1 Å². The van der Waals surface area contributed by atoms with Gasteiger partial charge in [-0.15, -0.1) is 0 Å². The van der Waals surface area contributed by atoms with E-state index in [1.165, 1.54) is 6.08 Å². The van der Waals surface area contributed by atoms with Gasteiger partial charge >= 0.3 is 0 Å². The highest BCUT2D eigenvalue weighted by Crippen LogP contribution is 2.21. The number of aryl methyl sites for hydroxylation is 1. The highest BCUT2D eigenvalue weighted by atomic mass is 32.2. The van der Waals surface area contributed by atoms with E-state index in [0.29, 0.717) is 30.2 Å². The number of carbonyl (C=O) groups excluding carboxylic acids is 1. The van der Waals surface area contributed by atoms with Crippen molar-refractivity contribution in [3.8, 4) is 11.3 Å². The predicted molar refractivity (Wildman–Crippen MR) is 145 cm³/mol. The topological polar surface area (TPSA) is 150 Å². The van der Waals surface area contributed by atoms with Crippen LogP contribution in [-0.2, 0) is 17.3 Å². The minimum Gasteiger partial charge on any atom is -0.412 e. The van der Waals surface area contributed by atoms with Crippen molar-refractivity contribution in [3.05, 3.63) is 83.3 Å². The number of nitrogens with one attached hydrogen (secondary N) is 1. The van der Waals surface area contributed by atoms with Crippen LogP contribution in [0.5, 0.6) is 0 Å². The maximum atomic E-state index is 13.0. The molecular formula is C26H38N4O4S. The summed E-state index contributed by atoms with van der Waals surface area (Å²) < 4.78 is 12.3. The molecule has 192 valence electrons. The lowest BCUT2D eigenvalue weighted by atomic mass is 10.1. The van der Waals surface area contributed by atoms with E-state index in [2.05, 4.69) is 15.3 Å². The molecule has 3 rings (SSSR count). The number of rotatable bonds is 10. The normalized spacial score (nSPS) is 12.3. The zero-order valence-electron chi connectivity index (χ0n) is 20.1. The largest absolute Gasteiger partial charge is 0.412 e. The fourth-order valence-corrected chi connectivity index (χ4v) is 4.22. The summed E-state index contributed by atoms with van der Waals surface area (Å²) >= 11 is 0. The Balaban J connectivity index is 0. The monoisotopic (exact) mass is 502 g/mol. The predicted octanol–water partition coefficient (Wildman–Crippen LogP) is 3.15. The van der Waals surface area contributed by atoms with E-state index in [1.807, 2.05) is 62.4 Å². The summed E-state index contributed by atoms with van der Waals surface area (Å²) in [6.07, 6.45) is 2.99. The van der Waals surface area contributed by atoms with Gasteiger partial charge in [0.05, 0.1) is 35.0 Å². The van der Waals surface area contributed by atoms with Crippen LogP contribution in [0.4, 0.5) is 0 Å². The van der Waals surface area contributed by atoms with E-state index in [1.54, 1.807) is 13.1 Å². The van der Waals surface area contributed by atoms with Gasteiger partial charge in [0, 0.05) is 44.9 Å². The zero-order chi connectivity index (χ0) is 24.7. The molecule has 2 aromatic carbocycles.